The highest BCUT2D eigenvalue weighted by molar-refractivity contribution is 5.95. The van der Waals surface area contributed by atoms with Gasteiger partial charge in [-0.2, -0.15) is 0 Å². The van der Waals surface area contributed by atoms with E-state index in [1.807, 2.05) is 0 Å². The molecule has 2 aromatic rings. The van der Waals surface area contributed by atoms with Crippen molar-refractivity contribution in [2.45, 2.75) is 71.4 Å². The van der Waals surface area contributed by atoms with Gasteiger partial charge in [-0.25, -0.2) is 9.78 Å². The SMILES string of the molecule is CC1CCCC(NC(=O)COC(=O)c2ccc3c(=O)n4c(nc3c2)CCCCC4)C1C. The summed E-state index contributed by atoms with van der Waals surface area (Å²) in [6.07, 6.45) is 7.07. The molecule has 4 rings (SSSR count). The van der Waals surface area contributed by atoms with E-state index in [-0.39, 0.29) is 24.1 Å². The van der Waals surface area contributed by atoms with E-state index in [2.05, 4.69) is 24.1 Å². The summed E-state index contributed by atoms with van der Waals surface area (Å²) in [5.74, 6) is 0.900. The first kappa shape index (κ1) is 21.5. The molecule has 0 spiro atoms. The Kier molecular flexibility index (Phi) is 6.39. The van der Waals surface area contributed by atoms with Crippen molar-refractivity contribution in [3.63, 3.8) is 0 Å². The van der Waals surface area contributed by atoms with Gasteiger partial charge in [-0.15, -0.1) is 0 Å². The van der Waals surface area contributed by atoms with Crippen LogP contribution in [0.4, 0.5) is 0 Å². The van der Waals surface area contributed by atoms with Gasteiger partial charge in [-0.05, 0) is 49.3 Å². The number of aromatic nitrogens is 2. The lowest BCUT2D eigenvalue weighted by Crippen LogP contribution is -2.45. The lowest BCUT2D eigenvalue weighted by atomic mass is 9.78. The summed E-state index contributed by atoms with van der Waals surface area (Å²) >= 11 is 0. The van der Waals surface area contributed by atoms with E-state index >= 15 is 0 Å². The molecule has 1 fully saturated rings. The van der Waals surface area contributed by atoms with E-state index in [4.69, 9.17) is 4.74 Å². The number of fused-ring (bicyclic) bond motifs is 2. The van der Waals surface area contributed by atoms with Gasteiger partial charge in [0.1, 0.15) is 5.82 Å². The monoisotopic (exact) mass is 425 g/mol. The van der Waals surface area contributed by atoms with Gasteiger partial charge in [0.15, 0.2) is 6.61 Å². The molecule has 0 bridgehead atoms. The van der Waals surface area contributed by atoms with Crippen molar-refractivity contribution in [3.8, 4) is 0 Å². The van der Waals surface area contributed by atoms with E-state index < -0.39 is 5.97 Å². The fourth-order valence-electron chi connectivity index (χ4n) is 4.79. The van der Waals surface area contributed by atoms with Crippen LogP contribution in [0.15, 0.2) is 23.0 Å². The zero-order valence-corrected chi connectivity index (χ0v) is 18.4. The van der Waals surface area contributed by atoms with Crippen LogP contribution in [0.5, 0.6) is 0 Å². The maximum atomic E-state index is 12.8. The summed E-state index contributed by atoms with van der Waals surface area (Å²) in [6, 6.07) is 4.92. The standard InChI is InChI=1S/C24H31N3O4/c1-15-7-6-8-19(16(15)2)26-22(28)14-31-24(30)17-10-11-18-20(13-17)25-21-9-4-3-5-12-27(21)23(18)29/h10-11,13,15-16,19H,3-9,12,14H2,1-2H3,(H,26,28). The molecule has 1 N–H and O–H groups in total. The Morgan fingerprint density at radius 3 is 2.84 bits per heavy atom. The van der Waals surface area contributed by atoms with Gasteiger partial charge in [0.25, 0.3) is 11.5 Å². The zero-order chi connectivity index (χ0) is 22.0. The van der Waals surface area contributed by atoms with Crippen LogP contribution in [0.25, 0.3) is 10.9 Å². The zero-order valence-electron chi connectivity index (χ0n) is 18.4. The van der Waals surface area contributed by atoms with Gasteiger partial charge in [0.2, 0.25) is 0 Å². The summed E-state index contributed by atoms with van der Waals surface area (Å²) in [4.78, 5) is 42.3. The predicted octanol–water partition coefficient (Wildman–Crippen LogP) is 3.22. The number of carbonyl (C=O) groups excluding carboxylic acids is 2. The normalized spacial score (nSPS) is 23.6. The Morgan fingerprint density at radius 2 is 2.00 bits per heavy atom. The molecule has 1 aliphatic heterocycles. The van der Waals surface area contributed by atoms with E-state index in [1.165, 1.54) is 6.42 Å². The van der Waals surface area contributed by atoms with Crippen molar-refractivity contribution >= 4 is 22.8 Å². The summed E-state index contributed by atoms with van der Waals surface area (Å²) in [7, 11) is 0. The smallest absolute Gasteiger partial charge is 0.338 e. The lowest BCUT2D eigenvalue weighted by Gasteiger charge is -2.34. The Labute approximate surface area is 182 Å². The third-order valence-corrected chi connectivity index (χ3v) is 6.94. The molecule has 7 nitrogen and oxygen atoms in total. The number of nitrogens with one attached hydrogen (secondary N) is 1. The molecule has 2 aliphatic rings. The van der Waals surface area contributed by atoms with Gasteiger partial charge in [0, 0.05) is 19.0 Å². The van der Waals surface area contributed by atoms with Gasteiger partial charge in [-0.3, -0.25) is 14.2 Å². The highest BCUT2D eigenvalue weighted by Crippen LogP contribution is 2.29. The van der Waals surface area contributed by atoms with E-state index in [0.29, 0.717) is 34.8 Å². The van der Waals surface area contributed by atoms with Gasteiger partial charge < -0.3 is 10.1 Å². The van der Waals surface area contributed by atoms with Crippen LogP contribution in [-0.2, 0) is 22.5 Å². The van der Waals surface area contributed by atoms with E-state index in [0.717, 1.165) is 44.3 Å². The summed E-state index contributed by atoms with van der Waals surface area (Å²) in [6.45, 7) is 4.75. The third-order valence-electron chi connectivity index (χ3n) is 6.94. The number of rotatable bonds is 4. The summed E-state index contributed by atoms with van der Waals surface area (Å²) in [5, 5.41) is 3.51. The largest absolute Gasteiger partial charge is 0.452 e. The van der Waals surface area contributed by atoms with E-state index in [1.54, 1.807) is 22.8 Å². The molecule has 166 valence electrons. The molecule has 7 heteroatoms. The number of aryl methyl sites for hydroxylation is 1. The number of carbonyl (C=O) groups is 2. The van der Waals surface area contributed by atoms with Crippen molar-refractivity contribution < 1.29 is 14.3 Å². The van der Waals surface area contributed by atoms with Gasteiger partial charge in [0.05, 0.1) is 16.5 Å². The average Bonchev–Trinajstić information content (AvgIpc) is 3.01. The second kappa shape index (κ2) is 9.20. The molecule has 0 radical (unpaired) electrons. The molecule has 1 aromatic carbocycles. The summed E-state index contributed by atoms with van der Waals surface area (Å²) < 4.78 is 7.00. The minimum Gasteiger partial charge on any atom is -0.452 e. The number of amides is 1. The summed E-state index contributed by atoms with van der Waals surface area (Å²) in [5.41, 5.74) is 0.740. The molecular weight excluding hydrogens is 394 g/mol. The second-order valence-electron chi connectivity index (χ2n) is 9.04. The first-order valence-electron chi connectivity index (χ1n) is 11.4. The molecule has 3 atom stereocenters. The van der Waals surface area contributed by atoms with E-state index in [9.17, 15) is 14.4 Å². The minimum atomic E-state index is -0.584. The van der Waals surface area contributed by atoms with Crippen LogP contribution >= 0.6 is 0 Å². The highest BCUT2D eigenvalue weighted by atomic mass is 16.5. The minimum absolute atomic E-state index is 0.0583. The van der Waals surface area contributed by atoms with Crippen molar-refractivity contribution in [3.05, 3.63) is 39.9 Å². The quantitative estimate of drug-likeness (QED) is 0.760. The molecule has 1 aliphatic carbocycles. The first-order valence-corrected chi connectivity index (χ1v) is 11.4. The third kappa shape index (κ3) is 4.65. The van der Waals surface area contributed by atoms with Crippen molar-refractivity contribution in [2.75, 3.05) is 6.61 Å². The number of esters is 1. The maximum absolute atomic E-state index is 12.8. The Morgan fingerprint density at radius 1 is 1.16 bits per heavy atom. The van der Waals surface area contributed by atoms with Gasteiger partial charge >= 0.3 is 5.97 Å². The lowest BCUT2D eigenvalue weighted by molar-refractivity contribution is -0.125. The molecule has 0 saturated heterocycles. The predicted molar refractivity (Wildman–Crippen MR) is 118 cm³/mol. The van der Waals surface area contributed by atoms with Gasteiger partial charge in [-0.1, -0.05) is 33.1 Å². The van der Waals surface area contributed by atoms with Crippen LogP contribution in [0.2, 0.25) is 0 Å². The molecule has 1 aromatic heterocycles. The fourth-order valence-corrected chi connectivity index (χ4v) is 4.79. The number of benzene rings is 1. The average molecular weight is 426 g/mol. The van der Waals surface area contributed by atoms with Crippen LogP contribution in [0.1, 0.15) is 68.6 Å². The van der Waals surface area contributed by atoms with Crippen molar-refractivity contribution in [1.82, 2.24) is 14.9 Å². The van der Waals surface area contributed by atoms with Crippen LogP contribution < -0.4 is 10.9 Å². The number of ether oxygens (including phenoxy) is 1. The number of hydrogen-bond donors (Lipinski definition) is 1. The van der Waals surface area contributed by atoms with Crippen molar-refractivity contribution in [1.29, 1.82) is 0 Å². The Balaban J connectivity index is 1.43. The number of nitrogens with zero attached hydrogens (tertiary/aromatic N) is 2. The topological polar surface area (TPSA) is 90.3 Å². The maximum Gasteiger partial charge on any atom is 0.338 e. The fraction of sp³-hybridized carbons (Fsp3) is 0.583. The highest BCUT2D eigenvalue weighted by Gasteiger charge is 2.28. The number of hydrogen-bond acceptors (Lipinski definition) is 5. The molecular formula is C24H31N3O4. The molecule has 2 heterocycles. The second-order valence-corrected chi connectivity index (χ2v) is 9.04. The van der Waals surface area contributed by atoms with Crippen LogP contribution in [-0.4, -0.2) is 34.1 Å². The Hall–Kier alpha value is -2.70. The van der Waals surface area contributed by atoms with Crippen LogP contribution in [0, 0.1) is 11.8 Å². The van der Waals surface area contributed by atoms with Crippen LogP contribution in [0.3, 0.4) is 0 Å². The molecule has 1 amide bonds. The van der Waals surface area contributed by atoms with Crippen molar-refractivity contribution in [2.24, 2.45) is 11.8 Å². The molecule has 31 heavy (non-hydrogen) atoms. The molecule has 3 unspecified atom stereocenters. The first-order chi connectivity index (χ1) is 14.9. The Bertz CT molecular complexity index is 1050. The molecule has 1 saturated carbocycles.